The fourth-order valence-electron chi connectivity index (χ4n) is 16.5. The normalized spacial score (nSPS) is 17.4. The first-order valence-electron chi connectivity index (χ1n) is 34.3. The lowest BCUT2D eigenvalue weighted by Gasteiger charge is -2.34. The van der Waals surface area contributed by atoms with Gasteiger partial charge in [-0.05, 0) is 273 Å². The van der Waals surface area contributed by atoms with Crippen LogP contribution in [0.3, 0.4) is 0 Å². The molecule has 472 valence electrons. The fraction of sp³-hybridized carbons (Fsp3) is 0.226. The standard InChI is InChI=1S/C93H90N2/c1-61-51-77(45-47-79(61)67-27-19-15-20-28-67)94(75-41-37-71(38-42-75)89(7,8)9)87-55-63(3)81(53-65(87)5)69-35-49-83-85(57-69)93(59-91(83,13)73-31-23-17-24-32-73)60-92(14,74-33-25-18-26-34-74)84-50-36-70(58-86(84)93)82-54-66(6)88(56-64(82)4)95(76-43-39-72(40-44-76)90(10,11)12)78-46-48-80(62(2)52-78)68-29-21-16-22-30-68/h15-58H,59-60H2,1-14H3. The molecule has 0 aliphatic heterocycles. The second-order valence-corrected chi connectivity index (χ2v) is 30.3. The van der Waals surface area contributed by atoms with Crippen molar-refractivity contribution in [2.24, 2.45) is 0 Å². The van der Waals surface area contributed by atoms with Gasteiger partial charge in [-0.15, -0.1) is 0 Å². The molecule has 0 heterocycles. The van der Waals surface area contributed by atoms with Crippen molar-refractivity contribution in [2.45, 2.75) is 137 Å². The molecule has 12 aromatic rings. The second kappa shape index (κ2) is 23.9. The number of hydrogen-bond acceptors (Lipinski definition) is 2. The summed E-state index contributed by atoms with van der Waals surface area (Å²) in [6.07, 6.45) is 1.90. The molecular formula is C93H90N2. The number of fused-ring (bicyclic) bond motifs is 4. The van der Waals surface area contributed by atoms with Crippen molar-refractivity contribution in [1.29, 1.82) is 0 Å². The summed E-state index contributed by atoms with van der Waals surface area (Å²) in [5.74, 6) is 0. The van der Waals surface area contributed by atoms with Gasteiger partial charge in [0, 0.05) is 50.4 Å². The van der Waals surface area contributed by atoms with E-state index in [0.717, 1.165) is 35.6 Å². The molecule has 0 aromatic heterocycles. The van der Waals surface area contributed by atoms with Gasteiger partial charge in [0.25, 0.3) is 0 Å². The Kier molecular flexibility index (Phi) is 15.8. The molecule has 0 fully saturated rings. The van der Waals surface area contributed by atoms with E-state index in [0.29, 0.717) is 0 Å². The molecule has 2 aliphatic carbocycles. The summed E-state index contributed by atoms with van der Waals surface area (Å²) in [6.45, 7) is 32.6. The number of aryl methyl sites for hydroxylation is 6. The Morgan fingerprint density at radius 2 is 0.600 bits per heavy atom. The van der Waals surface area contributed by atoms with Crippen LogP contribution >= 0.6 is 0 Å². The number of benzene rings is 12. The van der Waals surface area contributed by atoms with Crippen molar-refractivity contribution in [3.05, 3.63) is 345 Å². The first-order valence-corrected chi connectivity index (χ1v) is 34.3. The number of anilines is 6. The third-order valence-corrected chi connectivity index (χ3v) is 21.7. The Balaban J connectivity index is 0.912. The van der Waals surface area contributed by atoms with Crippen molar-refractivity contribution in [2.75, 3.05) is 9.80 Å². The second-order valence-electron chi connectivity index (χ2n) is 30.3. The summed E-state index contributed by atoms with van der Waals surface area (Å²) in [6, 6.07) is 102. The lowest BCUT2D eigenvalue weighted by atomic mass is 9.68. The molecule has 14 rings (SSSR count). The fourth-order valence-corrected chi connectivity index (χ4v) is 16.5. The van der Waals surface area contributed by atoms with Crippen molar-refractivity contribution >= 4 is 34.1 Å². The van der Waals surface area contributed by atoms with Crippen molar-refractivity contribution < 1.29 is 0 Å². The molecule has 12 aromatic carbocycles. The Morgan fingerprint density at radius 1 is 0.274 bits per heavy atom. The lowest BCUT2D eigenvalue weighted by Crippen LogP contribution is -2.30. The summed E-state index contributed by atoms with van der Waals surface area (Å²) >= 11 is 0. The van der Waals surface area contributed by atoms with Crippen LogP contribution in [0.1, 0.15) is 146 Å². The minimum atomic E-state index is -0.336. The maximum Gasteiger partial charge on any atom is 0.0493 e. The summed E-state index contributed by atoms with van der Waals surface area (Å²) < 4.78 is 0. The van der Waals surface area contributed by atoms with Crippen LogP contribution in [-0.2, 0) is 27.1 Å². The maximum absolute atomic E-state index is 2.63. The van der Waals surface area contributed by atoms with E-state index >= 15 is 0 Å². The van der Waals surface area contributed by atoms with E-state index in [9.17, 15) is 0 Å². The van der Waals surface area contributed by atoms with Gasteiger partial charge in [0.15, 0.2) is 0 Å². The molecule has 0 N–H and O–H groups in total. The van der Waals surface area contributed by atoms with Gasteiger partial charge in [0.1, 0.15) is 0 Å². The summed E-state index contributed by atoms with van der Waals surface area (Å²) in [4.78, 5) is 4.95. The van der Waals surface area contributed by atoms with E-state index in [4.69, 9.17) is 0 Å². The minimum Gasteiger partial charge on any atom is -0.310 e. The van der Waals surface area contributed by atoms with E-state index in [-0.39, 0.29) is 27.1 Å². The molecule has 2 heteroatoms. The van der Waals surface area contributed by atoms with E-state index in [2.05, 4.69) is 374 Å². The molecule has 0 amide bonds. The van der Waals surface area contributed by atoms with Crippen molar-refractivity contribution in [3.8, 4) is 44.5 Å². The van der Waals surface area contributed by atoms with Crippen LogP contribution in [0.15, 0.2) is 267 Å². The van der Waals surface area contributed by atoms with E-state index in [1.54, 1.807) is 0 Å². The Bertz CT molecular complexity index is 4540. The van der Waals surface area contributed by atoms with Gasteiger partial charge in [0.2, 0.25) is 0 Å². The van der Waals surface area contributed by atoms with Gasteiger partial charge >= 0.3 is 0 Å². The van der Waals surface area contributed by atoms with Gasteiger partial charge in [-0.25, -0.2) is 0 Å². The predicted octanol–water partition coefficient (Wildman–Crippen LogP) is 25.4. The zero-order valence-corrected chi connectivity index (χ0v) is 58.2. The SMILES string of the molecule is Cc1cc(N(c2ccc(C(C)(C)C)cc2)c2cc(C)c(-c3ccc4c(c3)C3(CC4(C)c4ccccc4)CC(C)(c4ccccc4)c4ccc(-c5cc(C)c(N(c6ccc(C(C)(C)C)cc6)c6ccc(-c7ccccc7)c(C)c6)cc5C)cc43)cc2C)ccc1-c1ccccc1. The molecule has 0 saturated carbocycles. The minimum absolute atomic E-state index is 0.0349. The third kappa shape index (κ3) is 11.1. The number of rotatable bonds is 12. The largest absolute Gasteiger partial charge is 0.310 e. The molecule has 2 atom stereocenters. The molecule has 1 spiro atoms. The zero-order chi connectivity index (χ0) is 66.3. The average Bonchev–Trinajstić information content (AvgIpc) is 1.51. The summed E-state index contributed by atoms with van der Waals surface area (Å²) in [7, 11) is 0. The molecule has 2 unspecified atom stereocenters. The molecule has 0 radical (unpaired) electrons. The van der Waals surface area contributed by atoms with Crippen LogP contribution in [0.4, 0.5) is 34.1 Å². The maximum atomic E-state index is 2.63. The predicted molar refractivity (Wildman–Crippen MR) is 406 cm³/mol. The Labute approximate surface area is 566 Å². The third-order valence-electron chi connectivity index (χ3n) is 21.7. The van der Waals surface area contributed by atoms with Gasteiger partial charge in [-0.1, -0.05) is 237 Å². The molecule has 2 aliphatic rings. The monoisotopic (exact) mass is 1230 g/mol. The highest BCUT2D eigenvalue weighted by atomic mass is 15.1. The molecular weight excluding hydrogens is 1150 g/mol. The smallest absolute Gasteiger partial charge is 0.0493 e. The quantitative estimate of drug-likeness (QED) is 0.120. The molecule has 0 saturated heterocycles. The lowest BCUT2D eigenvalue weighted by molar-refractivity contribution is 0.374. The van der Waals surface area contributed by atoms with E-state index in [1.807, 2.05) is 0 Å². The van der Waals surface area contributed by atoms with Gasteiger partial charge < -0.3 is 9.80 Å². The molecule has 2 nitrogen and oxygen atoms in total. The molecule has 95 heavy (non-hydrogen) atoms. The van der Waals surface area contributed by atoms with Gasteiger partial charge in [0.05, 0.1) is 0 Å². The topological polar surface area (TPSA) is 6.48 Å². The van der Waals surface area contributed by atoms with E-state index in [1.165, 1.54) is 134 Å². The highest BCUT2D eigenvalue weighted by Crippen LogP contribution is 2.66. The van der Waals surface area contributed by atoms with Crippen LogP contribution in [0, 0.1) is 41.5 Å². The van der Waals surface area contributed by atoms with E-state index < -0.39 is 0 Å². The van der Waals surface area contributed by atoms with Crippen molar-refractivity contribution in [3.63, 3.8) is 0 Å². The van der Waals surface area contributed by atoms with Crippen molar-refractivity contribution in [1.82, 2.24) is 0 Å². The highest BCUT2D eigenvalue weighted by molar-refractivity contribution is 5.87. The average molecular weight is 1240 g/mol. The van der Waals surface area contributed by atoms with Crippen LogP contribution in [0.5, 0.6) is 0 Å². The highest BCUT2D eigenvalue weighted by Gasteiger charge is 2.59. The first kappa shape index (κ1) is 62.7. The Morgan fingerprint density at radius 3 is 0.937 bits per heavy atom. The number of nitrogens with zero attached hydrogens (tertiary/aromatic N) is 2. The van der Waals surface area contributed by atoms with Crippen LogP contribution in [-0.4, -0.2) is 0 Å². The van der Waals surface area contributed by atoms with Gasteiger partial charge in [-0.3, -0.25) is 0 Å². The molecule has 0 bridgehead atoms. The number of hydrogen-bond donors (Lipinski definition) is 0. The van der Waals surface area contributed by atoms with Crippen LogP contribution in [0.2, 0.25) is 0 Å². The Hall–Kier alpha value is -9.76. The summed E-state index contributed by atoms with van der Waals surface area (Å²) in [5, 5.41) is 0. The van der Waals surface area contributed by atoms with Gasteiger partial charge in [-0.2, -0.15) is 0 Å². The summed E-state index contributed by atoms with van der Waals surface area (Å²) in [5.41, 5.74) is 34.7. The van der Waals surface area contributed by atoms with Crippen LogP contribution < -0.4 is 9.80 Å². The van der Waals surface area contributed by atoms with Crippen LogP contribution in [0.25, 0.3) is 44.5 Å². The zero-order valence-electron chi connectivity index (χ0n) is 58.2. The first-order chi connectivity index (χ1) is 45.5.